The van der Waals surface area contributed by atoms with Gasteiger partial charge in [0.15, 0.2) is 0 Å². The number of nitrogens with zero attached hydrogens (tertiary/aromatic N) is 3. The molecule has 0 aliphatic rings. The first-order valence-electron chi connectivity index (χ1n) is 6.18. The third kappa shape index (κ3) is 3.71. The van der Waals surface area contributed by atoms with Crippen LogP contribution < -0.4 is 5.56 Å². The normalized spacial score (nSPS) is 12.7. The van der Waals surface area contributed by atoms with E-state index >= 15 is 0 Å². The van der Waals surface area contributed by atoms with Crippen LogP contribution in [0.15, 0.2) is 27.6 Å². The molecule has 0 saturated heterocycles. The van der Waals surface area contributed by atoms with Crippen LogP contribution in [0.4, 0.5) is 13.2 Å². The van der Waals surface area contributed by atoms with E-state index in [2.05, 4.69) is 14.7 Å². The monoisotopic (exact) mass is 301 g/mol. The van der Waals surface area contributed by atoms with E-state index in [1.54, 1.807) is 0 Å². The average molecular weight is 301 g/mol. The largest absolute Gasteiger partial charge is 0.471 e. The molecule has 2 aromatic heterocycles. The lowest BCUT2D eigenvalue weighted by atomic mass is 9.97. The Morgan fingerprint density at radius 2 is 1.95 bits per heavy atom. The fourth-order valence-electron chi connectivity index (χ4n) is 1.74. The summed E-state index contributed by atoms with van der Waals surface area (Å²) in [4.78, 5) is 15.2. The van der Waals surface area contributed by atoms with Crippen molar-refractivity contribution in [3.8, 4) is 11.4 Å². The van der Waals surface area contributed by atoms with Gasteiger partial charge in [-0.1, -0.05) is 25.9 Å². The van der Waals surface area contributed by atoms with Crippen molar-refractivity contribution in [2.24, 2.45) is 5.41 Å². The van der Waals surface area contributed by atoms with Crippen molar-refractivity contribution in [1.29, 1.82) is 0 Å². The Labute approximate surface area is 118 Å². The molecule has 8 heteroatoms. The summed E-state index contributed by atoms with van der Waals surface area (Å²) in [5.41, 5.74) is -0.244. The molecule has 0 fully saturated rings. The first-order valence-corrected chi connectivity index (χ1v) is 6.18. The van der Waals surface area contributed by atoms with Gasteiger partial charge in [-0.2, -0.15) is 18.2 Å². The second kappa shape index (κ2) is 5.01. The first kappa shape index (κ1) is 15.3. The second-order valence-electron chi connectivity index (χ2n) is 5.86. The SMILES string of the molecule is CC(C)(C)Cn1ccc(-c2noc(C(F)(F)F)n2)cc1=O. The van der Waals surface area contributed by atoms with Crippen LogP contribution in [-0.4, -0.2) is 14.7 Å². The van der Waals surface area contributed by atoms with Gasteiger partial charge in [0.2, 0.25) is 5.82 Å². The smallest absolute Gasteiger partial charge is 0.329 e. The Balaban J connectivity index is 2.32. The Bertz CT molecular complexity index is 696. The van der Waals surface area contributed by atoms with Gasteiger partial charge in [0.25, 0.3) is 5.56 Å². The molecular formula is C13H14F3N3O2. The molecule has 0 unspecified atom stereocenters. The average Bonchev–Trinajstić information content (AvgIpc) is 2.79. The standard InChI is InChI=1S/C13H14F3N3O2/c1-12(2,3)7-19-5-4-8(6-9(19)20)10-17-11(21-18-10)13(14,15)16/h4-6H,7H2,1-3H3. The van der Waals surface area contributed by atoms with Crippen LogP contribution in [0.5, 0.6) is 0 Å². The predicted octanol–water partition coefficient (Wildman–Crippen LogP) is 2.96. The van der Waals surface area contributed by atoms with E-state index in [4.69, 9.17) is 0 Å². The minimum atomic E-state index is -4.70. The summed E-state index contributed by atoms with van der Waals surface area (Å²) < 4.78 is 42.8. The minimum Gasteiger partial charge on any atom is -0.329 e. The van der Waals surface area contributed by atoms with Gasteiger partial charge < -0.3 is 9.09 Å². The molecule has 2 heterocycles. The third-order valence-electron chi connectivity index (χ3n) is 2.57. The van der Waals surface area contributed by atoms with Crippen LogP contribution in [0.2, 0.25) is 0 Å². The number of aromatic nitrogens is 3. The molecular weight excluding hydrogens is 287 g/mol. The van der Waals surface area contributed by atoms with Gasteiger partial charge in [0.1, 0.15) is 0 Å². The number of rotatable bonds is 2. The maximum Gasteiger partial charge on any atom is 0.471 e. The van der Waals surface area contributed by atoms with Crippen LogP contribution in [-0.2, 0) is 12.7 Å². The highest BCUT2D eigenvalue weighted by Gasteiger charge is 2.38. The second-order valence-corrected chi connectivity index (χ2v) is 5.86. The van der Waals surface area contributed by atoms with E-state index in [9.17, 15) is 18.0 Å². The van der Waals surface area contributed by atoms with Gasteiger partial charge in [-0.25, -0.2) is 0 Å². The zero-order valence-corrected chi connectivity index (χ0v) is 11.7. The Morgan fingerprint density at radius 3 is 2.43 bits per heavy atom. The molecule has 0 saturated carbocycles. The van der Waals surface area contributed by atoms with E-state index in [0.717, 1.165) is 0 Å². The maximum absolute atomic E-state index is 12.4. The lowest BCUT2D eigenvalue weighted by Gasteiger charge is -2.19. The van der Waals surface area contributed by atoms with E-state index in [1.165, 1.54) is 22.9 Å². The van der Waals surface area contributed by atoms with Crippen LogP contribution in [0, 0.1) is 5.41 Å². The van der Waals surface area contributed by atoms with E-state index < -0.39 is 12.1 Å². The van der Waals surface area contributed by atoms with Gasteiger partial charge in [0, 0.05) is 24.4 Å². The topological polar surface area (TPSA) is 60.9 Å². The lowest BCUT2D eigenvalue weighted by molar-refractivity contribution is -0.159. The fraction of sp³-hybridized carbons (Fsp3) is 0.462. The molecule has 0 amide bonds. The van der Waals surface area contributed by atoms with Gasteiger partial charge >= 0.3 is 12.1 Å². The molecule has 5 nitrogen and oxygen atoms in total. The third-order valence-corrected chi connectivity index (χ3v) is 2.57. The van der Waals surface area contributed by atoms with Crippen molar-refractivity contribution in [3.05, 3.63) is 34.6 Å². The molecule has 21 heavy (non-hydrogen) atoms. The number of hydrogen-bond acceptors (Lipinski definition) is 4. The van der Waals surface area contributed by atoms with Crippen molar-refractivity contribution < 1.29 is 17.7 Å². The highest BCUT2D eigenvalue weighted by molar-refractivity contribution is 5.52. The molecule has 0 aromatic carbocycles. The highest BCUT2D eigenvalue weighted by atomic mass is 19.4. The van der Waals surface area contributed by atoms with E-state index in [-0.39, 0.29) is 22.4 Å². The summed E-state index contributed by atoms with van der Waals surface area (Å²) in [7, 11) is 0. The molecule has 114 valence electrons. The first-order chi connectivity index (χ1) is 9.56. The zero-order valence-electron chi connectivity index (χ0n) is 11.7. The van der Waals surface area contributed by atoms with Crippen LogP contribution in [0.1, 0.15) is 26.7 Å². The Hall–Kier alpha value is -2.12. The van der Waals surface area contributed by atoms with Crippen molar-refractivity contribution >= 4 is 0 Å². The molecule has 2 aromatic rings. The quantitative estimate of drug-likeness (QED) is 0.855. The minimum absolute atomic E-state index is 0.0963. The van der Waals surface area contributed by atoms with Crippen LogP contribution in [0.3, 0.4) is 0 Å². The summed E-state index contributed by atoms with van der Waals surface area (Å²) in [5.74, 6) is -1.70. The molecule has 0 spiro atoms. The predicted molar refractivity (Wildman–Crippen MR) is 68.5 cm³/mol. The van der Waals surface area contributed by atoms with Crippen molar-refractivity contribution in [1.82, 2.24) is 14.7 Å². The van der Waals surface area contributed by atoms with Gasteiger partial charge in [0.05, 0.1) is 0 Å². The molecule has 0 bridgehead atoms. The van der Waals surface area contributed by atoms with E-state index in [1.807, 2.05) is 20.8 Å². The molecule has 0 aliphatic heterocycles. The summed E-state index contributed by atoms with van der Waals surface area (Å²) >= 11 is 0. The Morgan fingerprint density at radius 1 is 1.29 bits per heavy atom. The maximum atomic E-state index is 12.4. The number of pyridine rings is 1. The summed E-state index contributed by atoms with van der Waals surface area (Å²) in [5, 5.41) is 3.24. The van der Waals surface area contributed by atoms with Gasteiger partial charge in [-0.05, 0) is 11.5 Å². The van der Waals surface area contributed by atoms with Crippen molar-refractivity contribution in [2.45, 2.75) is 33.5 Å². The van der Waals surface area contributed by atoms with Crippen LogP contribution in [0.25, 0.3) is 11.4 Å². The number of halogens is 3. The molecule has 0 N–H and O–H groups in total. The molecule has 0 aliphatic carbocycles. The number of alkyl halides is 3. The molecule has 2 rings (SSSR count). The fourth-order valence-corrected chi connectivity index (χ4v) is 1.74. The summed E-state index contributed by atoms with van der Waals surface area (Å²) in [6.07, 6.45) is -3.20. The zero-order chi connectivity index (χ0) is 15.8. The van der Waals surface area contributed by atoms with Gasteiger partial charge in [-0.3, -0.25) is 4.79 Å². The lowest BCUT2D eigenvalue weighted by Crippen LogP contribution is -2.25. The van der Waals surface area contributed by atoms with Crippen molar-refractivity contribution in [3.63, 3.8) is 0 Å². The summed E-state index contributed by atoms with van der Waals surface area (Å²) in [6, 6.07) is 2.68. The Kier molecular flexibility index (Phi) is 3.65. The number of hydrogen-bond donors (Lipinski definition) is 0. The highest BCUT2D eigenvalue weighted by Crippen LogP contribution is 2.29. The molecule has 0 atom stereocenters. The van der Waals surface area contributed by atoms with E-state index in [0.29, 0.717) is 6.54 Å². The molecule has 0 radical (unpaired) electrons. The van der Waals surface area contributed by atoms with Crippen molar-refractivity contribution in [2.75, 3.05) is 0 Å². The summed E-state index contributed by atoms with van der Waals surface area (Å²) in [6.45, 7) is 6.42. The van der Waals surface area contributed by atoms with Crippen LogP contribution >= 0.6 is 0 Å². The van der Waals surface area contributed by atoms with Gasteiger partial charge in [-0.15, -0.1) is 0 Å².